The van der Waals surface area contributed by atoms with Crippen molar-refractivity contribution in [1.29, 1.82) is 0 Å². The van der Waals surface area contributed by atoms with Gasteiger partial charge in [-0.15, -0.1) is 0 Å². The third kappa shape index (κ3) is 6.37. The molecule has 3 rings (SSSR count). The predicted molar refractivity (Wildman–Crippen MR) is 112 cm³/mol. The Labute approximate surface area is 188 Å². The molecule has 2 aromatic rings. The monoisotopic (exact) mass is 474 g/mol. The van der Waals surface area contributed by atoms with Crippen LogP contribution >= 0.6 is 0 Å². The van der Waals surface area contributed by atoms with Crippen molar-refractivity contribution in [2.75, 3.05) is 6.61 Å². The summed E-state index contributed by atoms with van der Waals surface area (Å²) in [7, 11) is 0. The SMILES string of the molecule is CCCC(F)=C(F)c1ccc(C2CCC(CCc3cc(F)c(C(F)(F)F)c(F)c3)OC2)cc1. The predicted octanol–water partition coefficient (Wildman–Crippen LogP) is 8.29. The van der Waals surface area contributed by atoms with Gasteiger partial charge in [0.1, 0.15) is 23.0 Å². The molecule has 1 nitrogen and oxygen atoms in total. The number of alkyl halides is 3. The van der Waals surface area contributed by atoms with Crippen LogP contribution in [0.2, 0.25) is 0 Å². The number of ether oxygens (including phenoxy) is 1. The van der Waals surface area contributed by atoms with Crippen molar-refractivity contribution in [3.05, 3.63) is 76.1 Å². The molecule has 0 bridgehead atoms. The third-order valence-electron chi connectivity index (χ3n) is 5.85. The molecule has 2 unspecified atom stereocenters. The lowest BCUT2D eigenvalue weighted by Crippen LogP contribution is -2.25. The van der Waals surface area contributed by atoms with Crippen molar-refractivity contribution in [3.63, 3.8) is 0 Å². The Balaban J connectivity index is 1.54. The number of aryl methyl sites for hydroxylation is 1. The zero-order valence-corrected chi connectivity index (χ0v) is 18.1. The average molecular weight is 474 g/mol. The zero-order valence-electron chi connectivity index (χ0n) is 18.1. The minimum atomic E-state index is -5.09. The largest absolute Gasteiger partial charge is 0.422 e. The van der Waals surface area contributed by atoms with Crippen LogP contribution in [0.3, 0.4) is 0 Å². The second-order valence-corrected chi connectivity index (χ2v) is 8.29. The summed E-state index contributed by atoms with van der Waals surface area (Å²) >= 11 is 0. The lowest BCUT2D eigenvalue weighted by atomic mass is 9.89. The first-order valence-electron chi connectivity index (χ1n) is 10.9. The fraction of sp³-hybridized carbons (Fsp3) is 0.440. The van der Waals surface area contributed by atoms with Gasteiger partial charge in [-0.1, -0.05) is 31.2 Å². The van der Waals surface area contributed by atoms with Crippen molar-refractivity contribution in [1.82, 2.24) is 0 Å². The Bertz CT molecular complexity index is 948. The Hall–Kier alpha value is -2.35. The molecule has 0 saturated carbocycles. The molecule has 0 amide bonds. The summed E-state index contributed by atoms with van der Waals surface area (Å²) in [5, 5.41) is 0. The second kappa shape index (κ2) is 10.7. The molecule has 0 spiro atoms. The summed E-state index contributed by atoms with van der Waals surface area (Å²) < 4.78 is 99.1. The topological polar surface area (TPSA) is 9.23 Å². The molecule has 1 aliphatic rings. The van der Waals surface area contributed by atoms with Gasteiger partial charge >= 0.3 is 6.18 Å². The summed E-state index contributed by atoms with van der Waals surface area (Å²) in [6.07, 6.45) is -2.67. The molecule has 180 valence electrons. The van der Waals surface area contributed by atoms with E-state index in [1.807, 2.05) is 0 Å². The Morgan fingerprint density at radius 2 is 1.64 bits per heavy atom. The number of hydrogen-bond acceptors (Lipinski definition) is 1. The van der Waals surface area contributed by atoms with Crippen molar-refractivity contribution in [3.8, 4) is 0 Å². The molecule has 33 heavy (non-hydrogen) atoms. The molecule has 0 aromatic heterocycles. The van der Waals surface area contributed by atoms with Gasteiger partial charge in [-0.3, -0.25) is 0 Å². The highest BCUT2D eigenvalue weighted by molar-refractivity contribution is 5.61. The van der Waals surface area contributed by atoms with Crippen LogP contribution in [-0.4, -0.2) is 12.7 Å². The van der Waals surface area contributed by atoms with Gasteiger partial charge in [-0.05, 0) is 55.4 Å². The molecule has 0 radical (unpaired) electrons. The maximum absolute atomic E-state index is 14.1. The fourth-order valence-electron chi connectivity index (χ4n) is 4.05. The molecule has 1 aliphatic heterocycles. The minimum absolute atomic E-state index is 0.0528. The average Bonchev–Trinajstić information content (AvgIpc) is 2.76. The fourth-order valence-corrected chi connectivity index (χ4v) is 4.05. The molecule has 0 N–H and O–H groups in total. The van der Waals surface area contributed by atoms with Crippen LogP contribution in [0.1, 0.15) is 67.2 Å². The first kappa shape index (κ1) is 25.3. The molecular formula is C25H25F7O. The molecular weight excluding hydrogens is 449 g/mol. The van der Waals surface area contributed by atoms with E-state index in [1.165, 1.54) is 0 Å². The van der Waals surface area contributed by atoms with E-state index in [0.29, 0.717) is 25.9 Å². The van der Waals surface area contributed by atoms with E-state index in [9.17, 15) is 30.7 Å². The summed E-state index contributed by atoms with van der Waals surface area (Å²) in [4.78, 5) is 0. The van der Waals surface area contributed by atoms with Crippen molar-refractivity contribution < 1.29 is 35.5 Å². The van der Waals surface area contributed by atoms with E-state index in [-0.39, 0.29) is 36.0 Å². The Morgan fingerprint density at radius 3 is 2.15 bits per heavy atom. The van der Waals surface area contributed by atoms with Gasteiger partial charge in [-0.2, -0.15) is 13.2 Å². The zero-order chi connectivity index (χ0) is 24.2. The number of halogens is 7. The number of benzene rings is 2. The third-order valence-corrected chi connectivity index (χ3v) is 5.85. The Kier molecular flexibility index (Phi) is 8.21. The molecule has 2 aromatic carbocycles. The summed E-state index contributed by atoms with van der Waals surface area (Å²) in [5.41, 5.74) is -0.606. The van der Waals surface area contributed by atoms with Crippen LogP contribution in [0.25, 0.3) is 5.83 Å². The number of rotatable bonds is 7. The normalized spacial score (nSPS) is 20.0. The lowest BCUT2D eigenvalue weighted by molar-refractivity contribution is -0.142. The van der Waals surface area contributed by atoms with E-state index in [1.54, 1.807) is 31.2 Å². The maximum atomic E-state index is 14.1. The van der Waals surface area contributed by atoms with E-state index in [2.05, 4.69) is 0 Å². The second-order valence-electron chi connectivity index (χ2n) is 8.29. The van der Waals surface area contributed by atoms with Gasteiger partial charge in [0.2, 0.25) is 0 Å². The number of allylic oxidation sites excluding steroid dienone is 1. The summed E-state index contributed by atoms with van der Waals surface area (Å²) in [6.45, 7) is 2.16. The minimum Gasteiger partial charge on any atom is -0.378 e. The van der Waals surface area contributed by atoms with E-state index >= 15 is 0 Å². The molecule has 8 heteroatoms. The van der Waals surface area contributed by atoms with E-state index < -0.39 is 35.0 Å². The van der Waals surface area contributed by atoms with Crippen LogP contribution in [0.4, 0.5) is 30.7 Å². The molecule has 1 saturated heterocycles. The van der Waals surface area contributed by atoms with Crippen LogP contribution in [-0.2, 0) is 17.3 Å². The molecule has 2 atom stereocenters. The van der Waals surface area contributed by atoms with Crippen molar-refractivity contribution in [2.24, 2.45) is 0 Å². The van der Waals surface area contributed by atoms with Gasteiger partial charge in [0.15, 0.2) is 5.83 Å². The molecule has 0 aliphatic carbocycles. The molecule has 1 fully saturated rings. The van der Waals surface area contributed by atoms with E-state index in [4.69, 9.17) is 4.74 Å². The van der Waals surface area contributed by atoms with Gasteiger partial charge in [0.05, 0.1) is 12.7 Å². The van der Waals surface area contributed by atoms with Gasteiger partial charge < -0.3 is 4.74 Å². The highest BCUT2D eigenvalue weighted by Crippen LogP contribution is 2.35. The Morgan fingerprint density at radius 1 is 1.00 bits per heavy atom. The number of hydrogen-bond donors (Lipinski definition) is 0. The van der Waals surface area contributed by atoms with E-state index in [0.717, 1.165) is 24.1 Å². The highest BCUT2D eigenvalue weighted by Gasteiger charge is 2.38. The summed E-state index contributed by atoms with van der Waals surface area (Å²) in [6, 6.07) is 8.01. The summed E-state index contributed by atoms with van der Waals surface area (Å²) in [5.74, 6) is -4.77. The standard InChI is InChI=1S/C25H25F7O/c1-2-3-20(26)24(29)17-7-5-16(6-8-17)18-9-11-19(33-14-18)10-4-15-12-21(27)23(22(28)13-15)25(30,31)32/h5-8,12-13,18-19H,2-4,9-11,14H2,1H3. The first-order chi connectivity index (χ1) is 15.6. The van der Waals surface area contributed by atoms with Crippen molar-refractivity contribution in [2.45, 2.75) is 63.6 Å². The van der Waals surface area contributed by atoms with Crippen LogP contribution < -0.4 is 0 Å². The van der Waals surface area contributed by atoms with Gasteiger partial charge in [0, 0.05) is 17.9 Å². The maximum Gasteiger partial charge on any atom is 0.422 e. The quantitative estimate of drug-likeness (QED) is 0.367. The highest BCUT2D eigenvalue weighted by atomic mass is 19.4. The van der Waals surface area contributed by atoms with Crippen molar-refractivity contribution >= 4 is 5.83 Å². The van der Waals surface area contributed by atoms with Crippen LogP contribution in [0.5, 0.6) is 0 Å². The van der Waals surface area contributed by atoms with Crippen LogP contribution in [0, 0.1) is 11.6 Å². The van der Waals surface area contributed by atoms with Crippen LogP contribution in [0.15, 0.2) is 42.2 Å². The molecule has 1 heterocycles. The van der Waals surface area contributed by atoms with Gasteiger partial charge in [-0.25, -0.2) is 17.6 Å². The first-order valence-corrected chi connectivity index (χ1v) is 10.9. The smallest absolute Gasteiger partial charge is 0.378 e. The van der Waals surface area contributed by atoms with Gasteiger partial charge in [0.25, 0.3) is 0 Å². The lowest BCUT2D eigenvalue weighted by Gasteiger charge is -2.29.